The van der Waals surface area contributed by atoms with Crippen molar-refractivity contribution in [2.45, 2.75) is 9.79 Å². The number of amides is 2. The molecule has 44 heavy (non-hydrogen) atoms. The Labute approximate surface area is 250 Å². The average Bonchev–Trinajstić information content (AvgIpc) is 3.68. The van der Waals surface area contributed by atoms with Crippen molar-refractivity contribution in [1.29, 1.82) is 0 Å². The van der Waals surface area contributed by atoms with Crippen molar-refractivity contribution in [3.63, 3.8) is 0 Å². The zero-order valence-electron chi connectivity index (χ0n) is 23.3. The van der Waals surface area contributed by atoms with Crippen LogP contribution < -0.4 is 15.5 Å². The van der Waals surface area contributed by atoms with Crippen LogP contribution in [0, 0.1) is 11.6 Å². The number of hydrogen-bond acceptors (Lipinski definition) is 8. The molecule has 3 heterocycles. The van der Waals surface area contributed by atoms with Gasteiger partial charge in [0, 0.05) is 43.3 Å². The third-order valence-electron chi connectivity index (χ3n) is 7.33. The van der Waals surface area contributed by atoms with E-state index in [0.29, 0.717) is 11.6 Å². The number of nitrogens with zero attached hydrogens (tertiary/aromatic N) is 3. The smallest absolute Gasteiger partial charge is 0.291 e. The number of aromatic nitrogens is 2. The fourth-order valence-corrected chi connectivity index (χ4v) is 6.26. The second-order valence-electron chi connectivity index (χ2n) is 10.3. The average molecular weight is 621 g/mol. The van der Waals surface area contributed by atoms with Gasteiger partial charge >= 0.3 is 0 Å². The molecule has 0 aliphatic carbocycles. The summed E-state index contributed by atoms with van der Waals surface area (Å²) in [7, 11) is -2.27. The van der Waals surface area contributed by atoms with Crippen molar-refractivity contribution in [3.05, 3.63) is 96.0 Å². The molecule has 0 atom stereocenters. The molecule has 0 unspecified atom stereocenters. The van der Waals surface area contributed by atoms with Gasteiger partial charge < -0.3 is 24.9 Å². The highest BCUT2D eigenvalue weighted by Gasteiger charge is 2.24. The van der Waals surface area contributed by atoms with Gasteiger partial charge in [-0.05, 0) is 67.7 Å². The number of aromatic amines is 1. The van der Waals surface area contributed by atoms with Crippen molar-refractivity contribution >= 4 is 49.7 Å². The molecule has 0 radical (unpaired) electrons. The molecule has 3 aromatic carbocycles. The molecule has 2 amide bonds. The van der Waals surface area contributed by atoms with Gasteiger partial charge in [0.1, 0.15) is 11.6 Å². The first-order valence-electron chi connectivity index (χ1n) is 13.5. The van der Waals surface area contributed by atoms with Crippen LogP contribution in [0.15, 0.2) is 87.2 Å². The van der Waals surface area contributed by atoms with Crippen LogP contribution in [-0.2, 0) is 9.84 Å². The quantitative estimate of drug-likeness (QED) is 0.241. The second-order valence-corrected chi connectivity index (χ2v) is 12.2. The number of carbonyl (C=O) groups is 2. The third-order valence-corrected chi connectivity index (χ3v) is 9.06. The summed E-state index contributed by atoms with van der Waals surface area (Å²) in [5, 5.41) is 12.5. The Morgan fingerprint density at radius 2 is 1.64 bits per heavy atom. The fourth-order valence-electron chi connectivity index (χ4n) is 4.94. The first-order valence-corrected chi connectivity index (χ1v) is 15.0. The molecule has 2 aromatic heterocycles. The van der Waals surface area contributed by atoms with Gasteiger partial charge in [0.25, 0.3) is 11.8 Å². The number of nitrogens with one attached hydrogen (secondary N) is 3. The van der Waals surface area contributed by atoms with Gasteiger partial charge in [0.15, 0.2) is 11.6 Å². The van der Waals surface area contributed by atoms with Gasteiger partial charge in [0.05, 0.1) is 32.8 Å². The van der Waals surface area contributed by atoms with E-state index in [2.05, 4.69) is 30.6 Å². The monoisotopic (exact) mass is 620 g/mol. The Morgan fingerprint density at radius 1 is 0.886 bits per heavy atom. The first kappa shape index (κ1) is 29.0. The molecule has 0 bridgehead atoms. The summed E-state index contributed by atoms with van der Waals surface area (Å²) in [6.45, 7) is 3.24. The summed E-state index contributed by atoms with van der Waals surface area (Å²) < 4.78 is 59.1. The number of anilines is 3. The fraction of sp³-hybridized carbons (Fsp3) is 0.167. The Morgan fingerprint density at radius 3 is 2.34 bits per heavy atom. The van der Waals surface area contributed by atoms with E-state index in [1.165, 1.54) is 30.5 Å². The maximum atomic E-state index is 13.8. The number of likely N-dealkylation sites (N-methyl/N-ethyl adjacent to an activating group) is 1. The Kier molecular flexibility index (Phi) is 7.61. The molecular weight excluding hydrogens is 594 g/mol. The molecule has 0 spiro atoms. The van der Waals surface area contributed by atoms with E-state index < -0.39 is 38.2 Å². The zero-order valence-corrected chi connectivity index (χ0v) is 24.1. The van der Waals surface area contributed by atoms with Crippen LogP contribution in [0.25, 0.3) is 10.9 Å². The number of furan rings is 1. The maximum absolute atomic E-state index is 13.8. The molecule has 1 saturated heterocycles. The standard InChI is InChI=1S/C30H26F2N6O5S/c1-37-8-10-38(11-9-37)20-4-6-23(26(16-20)33-30(40)27-3-2-12-43-27)29(39)34-28-24-17-21(5-7-25(24)35-36-28)44(41,42)22-14-18(31)13-19(32)15-22/h2-7,12-17H,8-11H2,1H3,(H,33,40)(H2,34,35,36,39). The van der Waals surface area contributed by atoms with E-state index in [1.54, 1.807) is 24.3 Å². The SMILES string of the molecule is CN1CCN(c2ccc(C(=O)Nc3n[nH]c4ccc(S(=O)(=O)c5cc(F)cc(F)c5)cc34)c(NC(=O)c3ccco3)c2)CC1. The van der Waals surface area contributed by atoms with E-state index in [-0.39, 0.29) is 33.1 Å². The van der Waals surface area contributed by atoms with Gasteiger partial charge in [0.2, 0.25) is 9.84 Å². The number of fused-ring (bicyclic) bond motifs is 1. The summed E-state index contributed by atoms with van der Waals surface area (Å²) in [4.78, 5) is 30.0. The van der Waals surface area contributed by atoms with Crippen LogP contribution in [0.2, 0.25) is 0 Å². The lowest BCUT2D eigenvalue weighted by atomic mass is 10.1. The molecule has 1 aliphatic heterocycles. The number of piperazine rings is 1. The van der Waals surface area contributed by atoms with Gasteiger partial charge in [-0.3, -0.25) is 14.7 Å². The molecule has 0 saturated carbocycles. The zero-order chi connectivity index (χ0) is 31.0. The van der Waals surface area contributed by atoms with Crippen LogP contribution in [0.3, 0.4) is 0 Å². The second kappa shape index (κ2) is 11.5. The Hall–Kier alpha value is -5.08. The van der Waals surface area contributed by atoms with Crippen LogP contribution in [-0.4, -0.2) is 68.6 Å². The maximum Gasteiger partial charge on any atom is 0.291 e. The Balaban J connectivity index is 1.32. The molecular formula is C30H26F2N6O5S. The number of carbonyl (C=O) groups excluding carboxylic acids is 2. The molecule has 6 rings (SSSR count). The molecule has 14 heteroatoms. The van der Waals surface area contributed by atoms with Crippen LogP contribution >= 0.6 is 0 Å². The van der Waals surface area contributed by atoms with Gasteiger partial charge in [-0.25, -0.2) is 17.2 Å². The van der Waals surface area contributed by atoms with E-state index in [4.69, 9.17) is 4.42 Å². The largest absolute Gasteiger partial charge is 0.459 e. The minimum atomic E-state index is -4.31. The van der Waals surface area contributed by atoms with Crippen molar-refractivity contribution in [3.8, 4) is 0 Å². The molecule has 1 aliphatic rings. The molecule has 3 N–H and O–H groups in total. The summed E-state index contributed by atoms with van der Waals surface area (Å²) in [5.41, 5.74) is 1.58. The third kappa shape index (κ3) is 5.76. The number of sulfone groups is 1. The van der Waals surface area contributed by atoms with Crippen molar-refractivity contribution < 1.29 is 31.2 Å². The van der Waals surface area contributed by atoms with Gasteiger partial charge in [-0.2, -0.15) is 5.10 Å². The number of hydrogen-bond donors (Lipinski definition) is 3. The molecule has 226 valence electrons. The minimum absolute atomic E-state index is 0.0129. The van der Waals surface area contributed by atoms with Gasteiger partial charge in [-0.15, -0.1) is 0 Å². The van der Waals surface area contributed by atoms with Crippen molar-refractivity contribution in [1.82, 2.24) is 15.1 Å². The highest BCUT2D eigenvalue weighted by Crippen LogP contribution is 2.30. The number of halogens is 2. The lowest BCUT2D eigenvalue weighted by Crippen LogP contribution is -2.44. The number of rotatable bonds is 7. The summed E-state index contributed by atoms with van der Waals surface area (Å²) in [6, 6.07) is 14.1. The predicted octanol–water partition coefficient (Wildman–Crippen LogP) is 4.52. The normalized spacial score (nSPS) is 14.1. The minimum Gasteiger partial charge on any atom is -0.459 e. The number of benzene rings is 3. The van der Waals surface area contributed by atoms with E-state index in [1.807, 2.05) is 7.05 Å². The summed E-state index contributed by atoms with van der Waals surface area (Å²) in [5.74, 6) is -3.17. The summed E-state index contributed by atoms with van der Waals surface area (Å²) in [6.07, 6.45) is 1.37. The van der Waals surface area contributed by atoms with E-state index >= 15 is 0 Å². The highest BCUT2D eigenvalue weighted by atomic mass is 32.2. The van der Waals surface area contributed by atoms with Crippen LogP contribution in [0.1, 0.15) is 20.9 Å². The van der Waals surface area contributed by atoms with Crippen LogP contribution in [0.5, 0.6) is 0 Å². The molecule has 11 nitrogen and oxygen atoms in total. The van der Waals surface area contributed by atoms with Gasteiger partial charge in [-0.1, -0.05) is 0 Å². The molecule has 1 fully saturated rings. The first-order chi connectivity index (χ1) is 21.1. The van der Waals surface area contributed by atoms with Crippen molar-refractivity contribution in [2.75, 3.05) is 48.8 Å². The number of H-pyrrole nitrogens is 1. The van der Waals surface area contributed by atoms with Crippen LogP contribution in [0.4, 0.5) is 26.0 Å². The predicted molar refractivity (Wildman–Crippen MR) is 159 cm³/mol. The molecule has 5 aromatic rings. The highest BCUT2D eigenvalue weighted by molar-refractivity contribution is 7.91. The topological polar surface area (TPSA) is 141 Å². The Bertz CT molecular complexity index is 1970. The lowest BCUT2D eigenvalue weighted by Gasteiger charge is -2.34. The lowest BCUT2D eigenvalue weighted by molar-refractivity contribution is 0.0996. The van der Waals surface area contributed by atoms with Crippen molar-refractivity contribution in [2.24, 2.45) is 0 Å². The van der Waals surface area contributed by atoms with E-state index in [0.717, 1.165) is 44.0 Å². The summed E-state index contributed by atoms with van der Waals surface area (Å²) >= 11 is 0. The van der Waals surface area contributed by atoms with E-state index in [9.17, 15) is 26.8 Å².